The van der Waals surface area contributed by atoms with E-state index in [4.69, 9.17) is 15.2 Å². The molecule has 128 valence electrons. The van der Waals surface area contributed by atoms with Crippen molar-refractivity contribution in [2.24, 2.45) is 11.1 Å². The van der Waals surface area contributed by atoms with Crippen molar-refractivity contribution in [3.8, 4) is 0 Å². The number of nitrogens with zero attached hydrogens (tertiary/aromatic N) is 1. The quantitative estimate of drug-likeness (QED) is 0.865. The Morgan fingerprint density at radius 3 is 2.32 bits per heavy atom. The Bertz CT molecular complexity index is 357. The third kappa shape index (κ3) is 3.45. The van der Waals surface area contributed by atoms with Crippen molar-refractivity contribution in [2.75, 3.05) is 39.5 Å². The van der Waals surface area contributed by atoms with Crippen LogP contribution in [0, 0.1) is 5.41 Å². The van der Waals surface area contributed by atoms with Gasteiger partial charge in [0.05, 0.1) is 25.4 Å². The molecule has 3 fully saturated rings. The number of halogens is 2. The summed E-state index contributed by atoms with van der Waals surface area (Å²) in [6.45, 7) is 4.11. The van der Waals surface area contributed by atoms with Crippen LogP contribution in [0.3, 0.4) is 0 Å². The van der Waals surface area contributed by atoms with Crippen LogP contribution in [-0.4, -0.2) is 62.4 Å². The molecule has 0 aromatic carbocycles. The molecule has 3 aliphatic rings. The smallest absolute Gasteiger partial charge is 0.245 e. The van der Waals surface area contributed by atoms with Gasteiger partial charge in [0.2, 0.25) is 6.43 Å². The van der Waals surface area contributed by atoms with Gasteiger partial charge in [-0.2, -0.15) is 0 Å². The summed E-state index contributed by atoms with van der Waals surface area (Å²) in [4.78, 5) is 2.20. The Kier molecular flexibility index (Phi) is 5.02. The number of likely N-dealkylation sites (tertiary alicyclic amines) is 1. The van der Waals surface area contributed by atoms with Crippen LogP contribution in [0.1, 0.15) is 38.5 Å². The zero-order chi connectivity index (χ0) is 15.6. The minimum Gasteiger partial charge on any atom is -0.376 e. The molecule has 0 aromatic rings. The van der Waals surface area contributed by atoms with Crippen molar-refractivity contribution in [1.82, 2.24) is 4.90 Å². The van der Waals surface area contributed by atoms with Gasteiger partial charge in [0.25, 0.3) is 0 Å². The maximum Gasteiger partial charge on any atom is 0.245 e. The average Bonchev–Trinajstić information content (AvgIpc) is 2.53. The number of piperidine rings is 1. The maximum atomic E-state index is 13.7. The highest BCUT2D eigenvalue weighted by Gasteiger charge is 2.45. The average molecular weight is 318 g/mol. The molecular formula is C16H28F2N2O2. The summed E-state index contributed by atoms with van der Waals surface area (Å²) in [5.41, 5.74) is 4.87. The Balaban J connectivity index is 1.56. The van der Waals surface area contributed by atoms with E-state index in [-0.39, 0.29) is 11.6 Å². The summed E-state index contributed by atoms with van der Waals surface area (Å²) in [6, 6.07) is 0.101. The van der Waals surface area contributed by atoms with Gasteiger partial charge in [-0.25, -0.2) is 8.78 Å². The molecule has 3 rings (SSSR count). The van der Waals surface area contributed by atoms with Gasteiger partial charge < -0.3 is 20.1 Å². The number of rotatable bonds is 3. The minimum absolute atomic E-state index is 0.101. The van der Waals surface area contributed by atoms with E-state index in [0.717, 1.165) is 38.8 Å². The molecular weight excluding hydrogens is 290 g/mol. The lowest BCUT2D eigenvalue weighted by atomic mass is 9.72. The molecule has 6 heteroatoms. The highest BCUT2D eigenvalue weighted by Crippen LogP contribution is 2.42. The second kappa shape index (κ2) is 6.67. The Morgan fingerprint density at radius 2 is 1.77 bits per heavy atom. The van der Waals surface area contributed by atoms with E-state index in [0.29, 0.717) is 39.2 Å². The number of ether oxygens (including phenoxy) is 2. The molecule has 0 unspecified atom stereocenters. The summed E-state index contributed by atoms with van der Waals surface area (Å²) in [6.07, 6.45) is 2.04. The fourth-order valence-electron chi connectivity index (χ4n) is 4.13. The van der Waals surface area contributed by atoms with E-state index in [1.807, 2.05) is 0 Å². The third-order valence-electron chi connectivity index (χ3n) is 5.80. The van der Waals surface area contributed by atoms with Crippen molar-refractivity contribution >= 4 is 0 Å². The first kappa shape index (κ1) is 16.6. The Hall–Kier alpha value is -0.300. The topological polar surface area (TPSA) is 47.7 Å². The van der Waals surface area contributed by atoms with Crippen LogP contribution in [0.4, 0.5) is 8.78 Å². The van der Waals surface area contributed by atoms with Crippen molar-refractivity contribution in [2.45, 2.75) is 56.6 Å². The SMILES string of the molecule is NC1CCC(CN2CCC3(CC2)COCCO3)(C(F)F)CC1. The molecule has 0 aromatic heterocycles. The number of nitrogens with two attached hydrogens (primary N) is 1. The van der Waals surface area contributed by atoms with Gasteiger partial charge in [0, 0.05) is 31.1 Å². The number of hydrogen-bond acceptors (Lipinski definition) is 4. The summed E-state index contributed by atoms with van der Waals surface area (Å²) in [7, 11) is 0. The van der Waals surface area contributed by atoms with Crippen LogP contribution < -0.4 is 5.73 Å². The molecule has 1 spiro atoms. The van der Waals surface area contributed by atoms with Crippen molar-refractivity contribution < 1.29 is 18.3 Å². The fraction of sp³-hybridized carbons (Fsp3) is 1.00. The monoisotopic (exact) mass is 318 g/mol. The standard InChI is InChI=1S/C16H28F2N2O2/c17-14(18)15(3-1-13(19)2-4-15)11-20-7-5-16(6-8-20)12-21-9-10-22-16/h13-14H,1-12,19H2. The van der Waals surface area contributed by atoms with Gasteiger partial charge >= 0.3 is 0 Å². The van der Waals surface area contributed by atoms with Crippen molar-refractivity contribution in [1.29, 1.82) is 0 Å². The van der Waals surface area contributed by atoms with Crippen LogP contribution in [0.15, 0.2) is 0 Å². The summed E-state index contributed by atoms with van der Waals surface area (Å²) in [5, 5.41) is 0. The van der Waals surface area contributed by atoms with E-state index in [2.05, 4.69) is 4.90 Å². The van der Waals surface area contributed by atoms with Crippen molar-refractivity contribution in [3.05, 3.63) is 0 Å². The molecule has 1 saturated carbocycles. The van der Waals surface area contributed by atoms with Crippen LogP contribution in [0.5, 0.6) is 0 Å². The summed E-state index contributed by atoms with van der Waals surface area (Å²) >= 11 is 0. The van der Waals surface area contributed by atoms with Gasteiger partial charge in [-0.15, -0.1) is 0 Å². The normalized spacial score (nSPS) is 36.8. The lowest BCUT2D eigenvalue weighted by Gasteiger charge is -2.47. The van der Waals surface area contributed by atoms with Gasteiger partial charge in [-0.05, 0) is 38.5 Å². The molecule has 2 saturated heterocycles. The Labute approximate surface area is 131 Å². The first-order chi connectivity index (χ1) is 10.5. The second-order valence-electron chi connectivity index (χ2n) is 7.36. The van der Waals surface area contributed by atoms with Gasteiger partial charge in [-0.3, -0.25) is 0 Å². The van der Waals surface area contributed by atoms with E-state index >= 15 is 0 Å². The predicted octanol–water partition coefficient (Wildman–Crippen LogP) is 2.02. The molecule has 22 heavy (non-hydrogen) atoms. The second-order valence-corrected chi connectivity index (χ2v) is 7.36. The van der Waals surface area contributed by atoms with E-state index in [1.54, 1.807) is 0 Å². The molecule has 0 bridgehead atoms. The lowest BCUT2D eigenvalue weighted by Crippen LogP contribution is -2.54. The zero-order valence-corrected chi connectivity index (χ0v) is 13.2. The fourth-order valence-corrected chi connectivity index (χ4v) is 4.13. The number of alkyl halides is 2. The Morgan fingerprint density at radius 1 is 1.09 bits per heavy atom. The molecule has 0 amide bonds. The molecule has 1 aliphatic carbocycles. The van der Waals surface area contributed by atoms with Gasteiger partial charge in [0.1, 0.15) is 0 Å². The molecule has 0 atom stereocenters. The summed E-state index contributed by atoms with van der Waals surface area (Å²) in [5.74, 6) is 0. The van der Waals surface area contributed by atoms with Crippen LogP contribution >= 0.6 is 0 Å². The summed E-state index contributed by atoms with van der Waals surface area (Å²) < 4.78 is 38.8. The number of hydrogen-bond donors (Lipinski definition) is 1. The zero-order valence-electron chi connectivity index (χ0n) is 13.2. The molecule has 0 radical (unpaired) electrons. The predicted molar refractivity (Wildman–Crippen MR) is 80.1 cm³/mol. The largest absolute Gasteiger partial charge is 0.376 e. The van der Waals surface area contributed by atoms with E-state index in [1.165, 1.54) is 0 Å². The van der Waals surface area contributed by atoms with Gasteiger partial charge in [0.15, 0.2) is 0 Å². The molecule has 2 aliphatic heterocycles. The molecule has 4 nitrogen and oxygen atoms in total. The first-order valence-corrected chi connectivity index (χ1v) is 8.52. The van der Waals surface area contributed by atoms with Crippen LogP contribution in [0.25, 0.3) is 0 Å². The molecule has 2 N–H and O–H groups in total. The van der Waals surface area contributed by atoms with Gasteiger partial charge in [-0.1, -0.05) is 0 Å². The maximum absolute atomic E-state index is 13.7. The highest BCUT2D eigenvalue weighted by molar-refractivity contribution is 4.95. The highest BCUT2D eigenvalue weighted by atomic mass is 19.3. The van der Waals surface area contributed by atoms with Crippen molar-refractivity contribution in [3.63, 3.8) is 0 Å². The molecule has 2 heterocycles. The minimum atomic E-state index is -2.26. The van der Waals surface area contributed by atoms with E-state index in [9.17, 15) is 8.78 Å². The van der Waals surface area contributed by atoms with Crippen LogP contribution in [0.2, 0.25) is 0 Å². The van der Waals surface area contributed by atoms with Crippen LogP contribution in [-0.2, 0) is 9.47 Å². The third-order valence-corrected chi connectivity index (χ3v) is 5.80. The first-order valence-electron chi connectivity index (χ1n) is 8.52. The van der Waals surface area contributed by atoms with E-state index < -0.39 is 11.8 Å². The lowest BCUT2D eigenvalue weighted by molar-refractivity contribution is -0.180.